The molecule has 3 aromatic carbocycles. The molecule has 0 fully saturated rings. The summed E-state index contributed by atoms with van der Waals surface area (Å²) in [5, 5.41) is 12.5. The normalized spacial score (nSPS) is 11.1. The number of aryl methyl sites for hydroxylation is 1. The molecule has 0 atom stereocenters. The van der Waals surface area contributed by atoms with Gasteiger partial charge in [-0.3, -0.25) is 4.79 Å². The monoisotopic (exact) mass is 569 g/mol. The van der Waals surface area contributed by atoms with Gasteiger partial charge in [-0.25, -0.2) is 0 Å². The summed E-state index contributed by atoms with van der Waals surface area (Å²) in [5.41, 5.74) is 5.38. The summed E-state index contributed by atoms with van der Waals surface area (Å²) in [6, 6.07) is 26.9. The Morgan fingerprint density at radius 2 is 1.61 bits per heavy atom. The Morgan fingerprint density at radius 1 is 0.974 bits per heavy atom. The van der Waals surface area contributed by atoms with E-state index in [0.29, 0.717) is 18.9 Å². The fourth-order valence-electron chi connectivity index (χ4n) is 4.07. The molecule has 0 spiro atoms. The zero-order valence-electron chi connectivity index (χ0n) is 21.5. The fraction of sp³-hybridized carbons (Fsp3) is 0.161. The van der Waals surface area contributed by atoms with Gasteiger partial charge in [0.15, 0.2) is 0 Å². The summed E-state index contributed by atoms with van der Waals surface area (Å²) in [4.78, 5) is 12.8. The van der Waals surface area contributed by atoms with Gasteiger partial charge in [-0.2, -0.15) is 5.26 Å². The number of ether oxygens (including phenoxy) is 2. The van der Waals surface area contributed by atoms with Crippen LogP contribution < -0.4 is 14.8 Å². The van der Waals surface area contributed by atoms with Crippen molar-refractivity contribution in [2.24, 2.45) is 0 Å². The predicted octanol–water partition coefficient (Wildman–Crippen LogP) is 7.38. The smallest absolute Gasteiger partial charge is 0.266 e. The highest BCUT2D eigenvalue weighted by Crippen LogP contribution is 2.25. The van der Waals surface area contributed by atoms with Crippen LogP contribution in [0.25, 0.3) is 11.8 Å². The molecule has 0 aliphatic rings. The molecular weight excluding hydrogens is 542 g/mol. The topological polar surface area (TPSA) is 76.3 Å². The van der Waals surface area contributed by atoms with Crippen molar-refractivity contribution in [3.8, 4) is 23.3 Å². The van der Waals surface area contributed by atoms with Gasteiger partial charge in [0.05, 0.1) is 6.61 Å². The quantitative estimate of drug-likeness (QED) is 0.168. The van der Waals surface area contributed by atoms with E-state index in [4.69, 9.17) is 9.47 Å². The van der Waals surface area contributed by atoms with Crippen LogP contribution in [-0.2, 0) is 11.4 Å². The van der Waals surface area contributed by atoms with Crippen LogP contribution in [0.4, 0.5) is 5.69 Å². The Bertz CT molecular complexity index is 1480. The lowest BCUT2D eigenvalue weighted by Crippen LogP contribution is -2.13. The second kappa shape index (κ2) is 12.3. The van der Waals surface area contributed by atoms with Gasteiger partial charge in [0, 0.05) is 27.2 Å². The number of hydrogen-bond donors (Lipinski definition) is 1. The highest BCUT2D eigenvalue weighted by atomic mass is 79.9. The van der Waals surface area contributed by atoms with E-state index in [9.17, 15) is 10.1 Å². The number of amides is 1. The van der Waals surface area contributed by atoms with E-state index in [1.165, 1.54) is 0 Å². The molecule has 192 valence electrons. The minimum atomic E-state index is -0.464. The van der Waals surface area contributed by atoms with Crippen molar-refractivity contribution in [1.82, 2.24) is 4.57 Å². The van der Waals surface area contributed by atoms with Gasteiger partial charge in [-0.1, -0.05) is 28.1 Å². The molecule has 0 radical (unpaired) electrons. The van der Waals surface area contributed by atoms with Crippen molar-refractivity contribution in [2.45, 2.75) is 27.4 Å². The Kier molecular flexibility index (Phi) is 8.67. The van der Waals surface area contributed by atoms with E-state index in [2.05, 4.69) is 25.8 Å². The molecule has 1 aromatic heterocycles. The third-order valence-electron chi connectivity index (χ3n) is 5.97. The third-order valence-corrected chi connectivity index (χ3v) is 6.50. The van der Waals surface area contributed by atoms with Crippen LogP contribution in [0.1, 0.15) is 29.4 Å². The number of anilines is 1. The molecule has 1 amide bonds. The minimum absolute atomic E-state index is 0.0239. The number of nitriles is 1. The summed E-state index contributed by atoms with van der Waals surface area (Å²) in [5.74, 6) is 1.03. The van der Waals surface area contributed by atoms with Gasteiger partial charge < -0.3 is 19.4 Å². The summed E-state index contributed by atoms with van der Waals surface area (Å²) >= 11 is 3.44. The number of halogens is 1. The lowest BCUT2D eigenvalue weighted by Gasteiger charge is -2.12. The first-order valence-electron chi connectivity index (χ1n) is 12.2. The van der Waals surface area contributed by atoms with Crippen molar-refractivity contribution in [1.29, 1.82) is 5.26 Å². The van der Waals surface area contributed by atoms with Gasteiger partial charge in [-0.15, -0.1) is 0 Å². The Morgan fingerprint density at radius 3 is 2.24 bits per heavy atom. The molecule has 38 heavy (non-hydrogen) atoms. The Balaban J connectivity index is 1.48. The number of nitrogens with one attached hydrogen (secondary N) is 1. The summed E-state index contributed by atoms with van der Waals surface area (Å²) in [6.45, 7) is 6.92. The molecule has 1 N–H and O–H groups in total. The Hall–Kier alpha value is -4.28. The molecule has 0 unspecified atom stereocenters. The van der Waals surface area contributed by atoms with E-state index >= 15 is 0 Å². The largest absolute Gasteiger partial charge is 0.494 e. The van der Waals surface area contributed by atoms with Crippen LogP contribution in [0.5, 0.6) is 11.5 Å². The predicted molar refractivity (Wildman–Crippen MR) is 154 cm³/mol. The summed E-state index contributed by atoms with van der Waals surface area (Å²) in [6.07, 6.45) is 1.62. The van der Waals surface area contributed by atoms with E-state index in [0.717, 1.165) is 44.2 Å². The number of carbonyl (C=O) groups is 1. The molecule has 0 bridgehead atoms. The number of benzene rings is 3. The van der Waals surface area contributed by atoms with Crippen LogP contribution in [0.2, 0.25) is 0 Å². The second-order valence-corrected chi connectivity index (χ2v) is 9.57. The van der Waals surface area contributed by atoms with E-state index in [-0.39, 0.29) is 5.57 Å². The zero-order valence-corrected chi connectivity index (χ0v) is 23.1. The molecule has 1 heterocycles. The lowest BCUT2D eigenvalue weighted by atomic mass is 10.1. The van der Waals surface area contributed by atoms with Crippen molar-refractivity contribution in [3.63, 3.8) is 0 Å². The molecule has 0 saturated heterocycles. The third kappa shape index (κ3) is 6.53. The number of carbonyl (C=O) groups excluding carboxylic acids is 1. The van der Waals surface area contributed by atoms with E-state index in [1.807, 2.05) is 81.4 Å². The SMILES string of the molecule is CCOc1ccc(NC(=O)/C(C#N)=C\c2cc(C)n(-c3ccc(OCc4ccc(Br)cc4)cc3)c2C)cc1. The van der Waals surface area contributed by atoms with Crippen molar-refractivity contribution in [2.75, 3.05) is 11.9 Å². The second-order valence-electron chi connectivity index (χ2n) is 8.65. The van der Waals surface area contributed by atoms with Gasteiger partial charge in [0.1, 0.15) is 29.7 Å². The van der Waals surface area contributed by atoms with Gasteiger partial charge >= 0.3 is 0 Å². The number of hydrogen-bond acceptors (Lipinski definition) is 4. The summed E-state index contributed by atoms with van der Waals surface area (Å²) in [7, 11) is 0. The van der Waals surface area contributed by atoms with Gasteiger partial charge in [0.2, 0.25) is 0 Å². The summed E-state index contributed by atoms with van der Waals surface area (Å²) < 4.78 is 14.5. The molecular formula is C31H28BrN3O3. The number of nitrogens with zero attached hydrogens (tertiary/aromatic N) is 2. The first-order chi connectivity index (χ1) is 18.4. The fourth-order valence-corrected chi connectivity index (χ4v) is 4.34. The van der Waals surface area contributed by atoms with E-state index < -0.39 is 5.91 Å². The molecule has 4 aromatic rings. The molecule has 7 heteroatoms. The van der Waals surface area contributed by atoms with Crippen molar-refractivity contribution >= 4 is 33.6 Å². The minimum Gasteiger partial charge on any atom is -0.494 e. The molecule has 6 nitrogen and oxygen atoms in total. The molecule has 0 saturated carbocycles. The molecule has 0 aliphatic carbocycles. The number of rotatable bonds is 9. The van der Waals surface area contributed by atoms with Crippen LogP contribution in [0.3, 0.4) is 0 Å². The first kappa shape index (κ1) is 26.8. The number of aromatic nitrogens is 1. The Labute approximate surface area is 231 Å². The maximum atomic E-state index is 12.8. The van der Waals surface area contributed by atoms with Crippen LogP contribution in [0.15, 0.2) is 88.9 Å². The zero-order chi connectivity index (χ0) is 27.1. The average molecular weight is 570 g/mol. The van der Waals surface area contributed by atoms with Gasteiger partial charge in [-0.05, 0) is 105 Å². The van der Waals surface area contributed by atoms with Gasteiger partial charge in [0.25, 0.3) is 5.91 Å². The maximum Gasteiger partial charge on any atom is 0.266 e. The highest BCUT2D eigenvalue weighted by Gasteiger charge is 2.14. The lowest BCUT2D eigenvalue weighted by molar-refractivity contribution is -0.112. The highest BCUT2D eigenvalue weighted by molar-refractivity contribution is 9.10. The van der Waals surface area contributed by atoms with Crippen molar-refractivity contribution < 1.29 is 14.3 Å². The standard InChI is InChI=1S/C31H28BrN3O3/c1-4-37-29-13-9-27(10-14-29)34-31(36)25(19-33)18-24-17-21(2)35(22(24)3)28-11-15-30(16-12-28)38-20-23-5-7-26(32)8-6-23/h5-18H,4,20H2,1-3H3,(H,34,36)/b25-18-. The van der Waals surface area contributed by atoms with Crippen molar-refractivity contribution in [3.05, 3.63) is 111 Å². The average Bonchev–Trinajstić information content (AvgIpc) is 3.20. The van der Waals surface area contributed by atoms with Crippen LogP contribution in [-0.4, -0.2) is 17.1 Å². The maximum absolute atomic E-state index is 12.8. The van der Waals surface area contributed by atoms with Crippen LogP contribution >= 0.6 is 15.9 Å². The first-order valence-corrected chi connectivity index (χ1v) is 13.0. The molecule has 0 aliphatic heterocycles. The van der Waals surface area contributed by atoms with E-state index in [1.54, 1.807) is 30.3 Å². The molecule has 4 rings (SSSR count). The van der Waals surface area contributed by atoms with Crippen LogP contribution in [0, 0.1) is 25.2 Å².